The van der Waals surface area contributed by atoms with E-state index in [1.165, 1.54) is 12.8 Å². The average Bonchev–Trinajstić information content (AvgIpc) is 2.08. The minimum absolute atomic E-state index is 0.712. The van der Waals surface area contributed by atoms with Crippen molar-refractivity contribution in [3.8, 4) is 0 Å². The van der Waals surface area contributed by atoms with Crippen LogP contribution in [0.4, 0.5) is 0 Å². The summed E-state index contributed by atoms with van der Waals surface area (Å²) < 4.78 is 0. The van der Waals surface area contributed by atoms with Gasteiger partial charge < -0.3 is 0 Å². The van der Waals surface area contributed by atoms with E-state index in [4.69, 9.17) is 0 Å². The minimum atomic E-state index is 0.712. The molecule has 3 aliphatic carbocycles. The molecule has 0 nitrogen and oxygen atoms in total. The second-order valence-electron chi connectivity index (χ2n) is 5.02. The van der Waals surface area contributed by atoms with Crippen LogP contribution in [0.2, 0.25) is 0 Å². The lowest BCUT2D eigenvalue weighted by Gasteiger charge is -2.60. The molecule has 0 heterocycles. The Bertz CT molecular complexity index is 261. The third kappa shape index (κ3) is 0.410. The monoisotopic (exact) mass is 148 g/mol. The van der Waals surface area contributed by atoms with Crippen LogP contribution >= 0.6 is 0 Å². The summed E-state index contributed by atoms with van der Waals surface area (Å²) in [7, 11) is 0. The number of rotatable bonds is 0. The molecule has 2 saturated carbocycles. The van der Waals surface area contributed by atoms with Crippen LogP contribution in [0.15, 0.2) is 11.1 Å². The van der Waals surface area contributed by atoms with Gasteiger partial charge in [-0.2, -0.15) is 0 Å². The molecular weight excluding hydrogens is 132 g/mol. The van der Waals surface area contributed by atoms with Crippen LogP contribution in [0, 0.1) is 23.2 Å². The Kier molecular flexibility index (Phi) is 0.821. The Morgan fingerprint density at radius 3 is 2.82 bits per heavy atom. The molecule has 0 aromatic rings. The lowest BCUT2D eigenvalue weighted by Crippen LogP contribution is -2.52. The van der Waals surface area contributed by atoms with Crippen LogP contribution in [0.5, 0.6) is 0 Å². The third-order valence-electron chi connectivity index (χ3n) is 4.85. The van der Waals surface area contributed by atoms with Crippen molar-refractivity contribution >= 4 is 0 Å². The molecule has 0 bridgehead atoms. The van der Waals surface area contributed by atoms with Gasteiger partial charge in [0.1, 0.15) is 0 Å². The van der Waals surface area contributed by atoms with E-state index in [0.717, 1.165) is 17.8 Å². The van der Waals surface area contributed by atoms with E-state index in [9.17, 15) is 0 Å². The Morgan fingerprint density at radius 2 is 2.18 bits per heavy atom. The highest BCUT2D eigenvalue weighted by Gasteiger charge is 2.66. The summed E-state index contributed by atoms with van der Waals surface area (Å²) in [4.78, 5) is 0. The maximum atomic E-state index is 2.50. The summed E-state index contributed by atoms with van der Waals surface area (Å²) in [6.45, 7) is 7.29. The van der Waals surface area contributed by atoms with E-state index < -0.39 is 0 Å². The fraction of sp³-hybridized carbons (Fsp3) is 0.818. The largest absolute Gasteiger partial charge is 0.0695 e. The Hall–Kier alpha value is -0.260. The van der Waals surface area contributed by atoms with E-state index in [-0.39, 0.29) is 0 Å². The summed E-state index contributed by atoms with van der Waals surface area (Å²) in [5.74, 6) is 3.06. The molecule has 2 fully saturated rings. The van der Waals surface area contributed by atoms with Gasteiger partial charge >= 0.3 is 0 Å². The van der Waals surface area contributed by atoms with Gasteiger partial charge in [-0.3, -0.25) is 0 Å². The van der Waals surface area contributed by atoms with Gasteiger partial charge in [0.2, 0.25) is 0 Å². The van der Waals surface area contributed by atoms with Crippen LogP contribution in [-0.4, -0.2) is 0 Å². The van der Waals surface area contributed by atoms with Gasteiger partial charge in [-0.05, 0) is 42.9 Å². The first-order chi connectivity index (χ1) is 5.15. The number of hydrogen-bond acceptors (Lipinski definition) is 0. The number of hydrogen-bond donors (Lipinski definition) is 0. The van der Waals surface area contributed by atoms with Crippen LogP contribution in [0.25, 0.3) is 0 Å². The second-order valence-corrected chi connectivity index (χ2v) is 5.02. The number of allylic oxidation sites excluding steroid dienone is 2. The molecule has 11 heavy (non-hydrogen) atoms. The Morgan fingerprint density at radius 1 is 1.45 bits per heavy atom. The molecule has 0 heteroatoms. The molecule has 3 aliphatic rings. The zero-order valence-corrected chi connectivity index (χ0v) is 7.65. The van der Waals surface area contributed by atoms with Crippen molar-refractivity contribution in [2.45, 2.75) is 33.6 Å². The van der Waals surface area contributed by atoms with E-state index in [1.807, 2.05) is 5.57 Å². The van der Waals surface area contributed by atoms with Crippen molar-refractivity contribution in [3.63, 3.8) is 0 Å². The highest BCUT2D eigenvalue weighted by atomic mass is 14.7. The molecule has 0 spiro atoms. The van der Waals surface area contributed by atoms with Gasteiger partial charge in [0.25, 0.3) is 0 Å². The van der Waals surface area contributed by atoms with Crippen molar-refractivity contribution < 1.29 is 0 Å². The molecule has 0 radical (unpaired) electrons. The first-order valence-corrected chi connectivity index (χ1v) is 4.86. The Balaban J connectivity index is 2.13. The predicted molar refractivity (Wildman–Crippen MR) is 46.2 cm³/mol. The van der Waals surface area contributed by atoms with Crippen molar-refractivity contribution in [2.24, 2.45) is 23.2 Å². The molecule has 3 rings (SSSR count). The molecule has 0 aliphatic heterocycles. The fourth-order valence-corrected chi connectivity index (χ4v) is 4.13. The standard InChI is InChI=1S/C11H16/c1-6-4-9-7(2)10-5-8(6)11(9,10)3/h6,8,10H,4-5H2,1-3H3. The fourth-order valence-electron chi connectivity index (χ4n) is 4.13. The van der Waals surface area contributed by atoms with Gasteiger partial charge in [0.15, 0.2) is 0 Å². The van der Waals surface area contributed by atoms with E-state index in [1.54, 1.807) is 5.57 Å². The molecule has 60 valence electrons. The highest BCUT2D eigenvalue weighted by Crippen LogP contribution is 2.74. The zero-order valence-electron chi connectivity index (χ0n) is 7.65. The second kappa shape index (κ2) is 1.44. The van der Waals surface area contributed by atoms with E-state index in [2.05, 4.69) is 20.8 Å². The summed E-state index contributed by atoms with van der Waals surface area (Å²) >= 11 is 0. The lowest BCUT2D eigenvalue weighted by atomic mass is 9.44. The van der Waals surface area contributed by atoms with Crippen molar-refractivity contribution in [2.75, 3.05) is 0 Å². The molecule has 0 aromatic heterocycles. The predicted octanol–water partition coefficient (Wildman–Crippen LogP) is 3.00. The highest BCUT2D eigenvalue weighted by molar-refractivity contribution is 5.46. The van der Waals surface area contributed by atoms with Crippen molar-refractivity contribution in [1.29, 1.82) is 0 Å². The molecular formula is C11H16. The Labute approximate surface area is 68.7 Å². The summed E-state index contributed by atoms with van der Waals surface area (Å²) in [6, 6.07) is 0. The third-order valence-corrected chi connectivity index (χ3v) is 4.85. The van der Waals surface area contributed by atoms with Crippen molar-refractivity contribution in [1.82, 2.24) is 0 Å². The average molecular weight is 148 g/mol. The topological polar surface area (TPSA) is 0 Å². The first-order valence-electron chi connectivity index (χ1n) is 4.86. The quantitative estimate of drug-likeness (QED) is 0.463. The zero-order chi connectivity index (χ0) is 7.80. The molecule has 4 atom stereocenters. The first kappa shape index (κ1) is 6.28. The summed E-state index contributed by atoms with van der Waals surface area (Å²) in [5.41, 5.74) is 4.31. The lowest BCUT2D eigenvalue weighted by molar-refractivity contribution is -0.00447. The van der Waals surface area contributed by atoms with Crippen LogP contribution < -0.4 is 0 Å². The maximum Gasteiger partial charge on any atom is -0.00170 e. The van der Waals surface area contributed by atoms with E-state index >= 15 is 0 Å². The molecule has 0 amide bonds. The van der Waals surface area contributed by atoms with Crippen LogP contribution in [-0.2, 0) is 0 Å². The molecule has 4 unspecified atom stereocenters. The minimum Gasteiger partial charge on any atom is -0.0695 e. The molecule has 0 saturated heterocycles. The smallest absolute Gasteiger partial charge is 0.00170 e. The van der Waals surface area contributed by atoms with Gasteiger partial charge in [-0.25, -0.2) is 0 Å². The van der Waals surface area contributed by atoms with Gasteiger partial charge in [0, 0.05) is 0 Å². The molecule has 0 aromatic carbocycles. The molecule has 0 N–H and O–H groups in total. The van der Waals surface area contributed by atoms with E-state index in [0.29, 0.717) is 5.41 Å². The van der Waals surface area contributed by atoms with Gasteiger partial charge in [-0.15, -0.1) is 0 Å². The summed E-state index contributed by atoms with van der Waals surface area (Å²) in [6.07, 6.45) is 2.93. The van der Waals surface area contributed by atoms with Crippen molar-refractivity contribution in [3.05, 3.63) is 11.1 Å². The van der Waals surface area contributed by atoms with Crippen LogP contribution in [0.3, 0.4) is 0 Å². The maximum absolute atomic E-state index is 2.50. The SMILES string of the molecule is CC1=C2CC(C)C3CC1C23C. The normalized spacial score (nSPS) is 58.6. The van der Waals surface area contributed by atoms with Crippen LogP contribution in [0.1, 0.15) is 33.6 Å². The van der Waals surface area contributed by atoms with Gasteiger partial charge in [0.05, 0.1) is 0 Å². The summed E-state index contributed by atoms with van der Waals surface area (Å²) in [5, 5.41) is 0. The van der Waals surface area contributed by atoms with Gasteiger partial charge in [-0.1, -0.05) is 25.0 Å².